The van der Waals surface area contributed by atoms with Crippen LogP contribution in [-0.2, 0) is 33.1 Å². The first-order valence-corrected chi connectivity index (χ1v) is 13.6. The molecule has 3 aliphatic rings. The highest BCUT2D eigenvalue weighted by molar-refractivity contribution is 7.91. The van der Waals surface area contributed by atoms with Gasteiger partial charge in [0, 0.05) is 18.4 Å². The Labute approximate surface area is 201 Å². The number of rotatable bonds is 6. The summed E-state index contributed by atoms with van der Waals surface area (Å²) in [6.45, 7) is 0.282. The minimum absolute atomic E-state index is 0.0338. The SMILES string of the molecule is CS(=O)(=O)CC(=O)Nc1c(CCC2CC2)nn2c1C(=O)N[C@@]1(CCCOc3cc(F)cc(F)c31)C2. The molecule has 12 heteroatoms. The fourth-order valence-electron chi connectivity index (χ4n) is 4.99. The minimum atomic E-state index is -3.58. The van der Waals surface area contributed by atoms with Gasteiger partial charge in [-0.2, -0.15) is 5.10 Å². The number of hydrogen-bond donors (Lipinski definition) is 2. The molecule has 2 amide bonds. The molecule has 1 fully saturated rings. The maximum Gasteiger partial charge on any atom is 0.272 e. The van der Waals surface area contributed by atoms with E-state index in [4.69, 9.17) is 4.74 Å². The van der Waals surface area contributed by atoms with Gasteiger partial charge in [-0.1, -0.05) is 12.8 Å². The number of nitrogens with zero attached hydrogens (tertiary/aromatic N) is 2. The minimum Gasteiger partial charge on any atom is -0.493 e. The molecule has 1 spiro atoms. The van der Waals surface area contributed by atoms with Crippen molar-refractivity contribution in [3.05, 3.63) is 40.7 Å². The molecule has 0 unspecified atom stereocenters. The monoisotopic (exact) mass is 508 g/mol. The van der Waals surface area contributed by atoms with Crippen LogP contribution in [0.5, 0.6) is 5.75 Å². The highest BCUT2D eigenvalue weighted by Crippen LogP contribution is 2.43. The summed E-state index contributed by atoms with van der Waals surface area (Å²) in [6, 6.07) is 1.87. The Balaban J connectivity index is 1.56. The van der Waals surface area contributed by atoms with Gasteiger partial charge in [0.25, 0.3) is 5.91 Å². The zero-order valence-corrected chi connectivity index (χ0v) is 20.0. The number of anilines is 1. The lowest BCUT2D eigenvalue weighted by atomic mass is 9.83. The van der Waals surface area contributed by atoms with Gasteiger partial charge in [-0.25, -0.2) is 17.2 Å². The molecule has 0 saturated heterocycles. The molecule has 1 aromatic carbocycles. The number of aromatic nitrogens is 2. The van der Waals surface area contributed by atoms with E-state index in [2.05, 4.69) is 15.7 Å². The summed E-state index contributed by atoms with van der Waals surface area (Å²) in [5.74, 6) is -3.10. The number of carbonyl (C=O) groups excluding carboxylic acids is 2. The molecule has 1 aliphatic carbocycles. The highest BCUT2D eigenvalue weighted by atomic mass is 32.2. The van der Waals surface area contributed by atoms with Crippen LogP contribution in [0.25, 0.3) is 0 Å². The molecule has 2 aliphatic heterocycles. The third-order valence-electron chi connectivity index (χ3n) is 6.66. The van der Waals surface area contributed by atoms with Crippen molar-refractivity contribution >= 4 is 27.3 Å². The Bertz CT molecular complexity index is 1320. The summed E-state index contributed by atoms with van der Waals surface area (Å²) < 4.78 is 59.2. The summed E-state index contributed by atoms with van der Waals surface area (Å²) in [7, 11) is -3.58. The molecule has 1 atom stereocenters. The standard InChI is InChI=1S/C23H26F2N4O5S/c1-35(32,33)11-18(30)26-20-16(6-5-13-3-4-13)28-29-12-23(27-22(31)21(20)29)7-2-8-34-17-10-14(24)9-15(25)19(17)23/h9-10,13H,2-8,11-12H2,1H3,(H,26,30)(H,27,31)/t23-/m0/s1. The van der Waals surface area contributed by atoms with Gasteiger partial charge in [0.15, 0.2) is 9.84 Å². The summed E-state index contributed by atoms with van der Waals surface area (Å²) in [5, 5.41) is 10.1. The number of ether oxygens (including phenoxy) is 1. The lowest BCUT2D eigenvalue weighted by Crippen LogP contribution is -2.54. The van der Waals surface area contributed by atoms with Gasteiger partial charge < -0.3 is 15.4 Å². The van der Waals surface area contributed by atoms with E-state index in [1.807, 2.05) is 0 Å². The van der Waals surface area contributed by atoms with Crippen molar-refractivity contribution in [3.63, 3.8) is 0 Å². The van der Waals surface area contributed by atoms with Crippen molar-refractivity contribution in [2.45, 2.75) is 50.6 Å². The molecule has 3 heterocycles. The number of sulfone groups is 1. The lowest BCUT2D eigenvalue weighted by Gasteiger charge is -2.38. The molecule has 1 aromatic heterocycles. The molecular formula is C23H26F2N4O5S. The van der Waals surface area contributed by atoms with Gasteiger partial charge in [0.2, 0.25) is 5.91 Å². The van der Waals surface area contributed by atoms with Gasteiger partial charge in [-0.3, -0.25) is 14.3 Å². The van der Waals surface area contributed by atoms with Crippen molar-refractivity contribution in [1.82, 2.24) is 15.1 Å². The predicted molar refractivity (Wildman–Crippen MR) is 122 cm³/mol. The average Bonchev–Trinajstić information content (AvgIpc) is 3.51. The molecule has 0 bridgehead atoms. The van der Waals surface area contributed by atoms with E-state index in [1.54, 1.807) is 0 Å². The van der Waals surface area contributed by atoms with Gasteiger partial charge in [0.1, 0.15) is 28.8 Å². The van der Waals surface area contributed by atoms with Gasteiger partial charge in [0.05, 0.1) is 35.6 Å². The fourth-order valence-corrected chi connectivity index (χ4v) is 5.54. The number of aryl methyl sites for hydroxylation is 1. The van der Waals surface area contributed by atoms with Crippen LogP contribution < -0.4 is 15.4 Å². The number of nitrogens with one attached hydrogen (secondary N) is 2. The first-order chi connectivity index (χ1) is 16.5. The molecule has 1 saturated carbocycles. The van der Waals surface area contributed by atoms with Crippen molar-refractivity contribution in [3.8, 4) is 5.75 Å². The van der Waals surface area contributed by atoms with E-state index in [9.17, 15) is 22.4 Å². The van der Waals surface area contributed by atoms with Crippen LogP contribution in [0.15, 0.2) is 12.1 Å². The number of benzene rings is 1. The van der Waals surface area contributed by atoms with Crippen LogP contribution in [0.3, 0.4) is 0 Å². The Hall–Kier alpha value is -3.02. The summed E-state index contributed by atoms with van der Waals surface area (Å²) in [4.78, 5) is 25.9. The molecule has 9 nitrogen and oxygen atoms in total. The van der Waals surface area contributed by atoms with Crippen LogP contribution in [0.4, 0.5) is 14.5 Å². The molecule has 2 aromatic rings. The van der Waals surface area contributed by atoms with Crippen LogP contribution >= 0.6 is 0 Å². The van der Waals surface area contributed by atoms with E-state index in [-0.39, 0.29) is 35.8 Å². The molecule has 2 N–H and O–H groups in total. The number of amides is 2. The third kappa shape index (κ3) is 4.75. The first-order valence-electron chi connectivity index (χ1n) is 11.6. The van der Waals surface area contributed by atoms with E-state index in [0.717, 1.165) is 37.7 Å². The Morgan fingerprint density at radius 1 is 1.34 bits per heavy atom. The highest BCUT2D eigenvalue weighted by Gasteiger charge is 2.46. The Kier molecular flexibility index (Phi) is 5.81. The van der Waals surface area contributed by atoms with Crippen molar-refractivity contribution in [2.75, 3.05) is 23.9 Å². The number of hydrogen-bond acceptors (Lipinski definition) is 6. The van der Waals surface area contributed by atoms with Crippen molar-refractivity contribution in [1.29, 1.82) is 0 Å². The second-order valence-corrected chi connectivity index (χ2v) is 11.8. The number of carbonyl (C=O) groups is 2. The van der Waals surface area contributed by atoms with Crippen LogP contribution in [0, 0.1) is 17.6 Å². The fraction of sp³-hybridized carbons (Fsp3) is 0.522. The zero-order valence-electron chi connectivity index (χ0n) is 19.2. The second-order valence-electron chi connectivity index (χ2n) is 9.68. The quantitative estimate of drug-likeness (QED) is 0.618. The zero-order chi connectivity index (χ0) is 25.0. The molecule has 5 rings (SSSR count). The van der Waals surface area contributed by atoms with E-state index in [1.165, 1.54) is 4.68 Å². The van der Waals surface area contributed by atoms with E-state index in [0.29, 0.717) is 30.9 Å². The summed E-state index contributed by atoms with van der Waals surface area (Å²) in [5.41, 5.74) is -0.422. The molecule has 35 heavy (non-hydrogen) atoms. The van der Waals surface area contributed by atoms with Crippen molar-refractivity contribution < 1.29 is 31.5 Å². The van der Waals surface area contributed by atoms with Crippen LogP contribution in [0.1, 0.15) is 53.8 Å². The number of halogens is 2. The Morgan fingerprint density at radius 2 is 2.11 bits per heavy atom. The summed E-state index contributed by atoms with van der Waals surface area (Å²) >= 11 is 0. The largest absolute Gasteiger partial charge is 0.493 e. The molecule has 188 valence electrons. The van der Waals surface area contributed by atoms with Gasteiger partial charge >= 0.3 is 0 Å². The smallest absolute Gasteiger partial charge is 0.272 e. The van der Waals surface area contributed by atoms with Crippen LogP contribution in [0.2, 0.25) is 0 Å². The predicted octanol–water partition coefficient (Wildman–Crippen LogP) is 2.30. The maximum absolute atomic E-state index is 15.1. The average molecular weight is 509 g/mol. The Morgan fingerprint density at radius 3 is 2.83 bits per heavy atom. The first kappa shape index (κ1) is 23.7. The summed E-state index contributed by atoms with van der Waals surface area (Å²) in [6.07, 6.45) is 5.31. The topological polar surface area (TPSA) is 119 Å². The van der Waals surface area contributed by atoms with E-state index >= 15 is 4.39 Å². The van der Waals surface area contributed by atoms with Crippen LogP contribution in [-0.4, -0.2) is 48.6 Å². The van der Waals surface area contributed by atoms with E-state index < -0.39 is 44.6 Å². The second kappa shape index (κ2) is 8.58. The lowest BCUT2D eigenvalue weighted by molar-refractivity contribution is -0.113. The molecule has 0 radical (unpaired) electrons. The van der Waals surface area contributed by atoms with Gasteiger partial charge in [-0.05, 0) is 31.6 Å². The van der Waals surface area contributed by atoms with Crippen molar-refractivity contribution in [2.24, 2.45) is 5.92 Å². The normalized spacial score (nSPS) is 21.5. The van der Waals surface area contributed by atoms with Gasteiger partial charge in [-0.15, -0.1) is 0 Å². The molecular weight excluding hydrogens is 482 g/mol. The number of fused-ring (bicyclic) bond motifs is 3. The third-order valence-corrected chi connectivity index (χ3v) is 7.45. The maximum atomic E-state index is 15.1.